The van der Waals surface area contributed by atoms with Gasteiger partial charge in [-0.2, -0.15) is 13.5 Å². The van der Waals surface area contributed by atoms with Crippen LogP contribution in [0.4, 0.5) is 18.4 Å². The van der Waals surface area contributed by atoms with E-state index < -0.39 is 53.3 Å². The molecule has 0 spiro atoms. The predicted octanol–water partition coefficient (Wildman–Crippen LogP) is 7.96. The van der Waals surface area contributed by atoms with Crippen LogP contribution < -0.4 is 0 Å². The quantitative estimate of drug-likeness (QED) is 0.308. The average molecular weight is 775 g/mol. The van der Waals surface area contributed by atoms with E-state index in [-0.39, 0.29) is 66.8 Å². The van der Waals surface area contributed by atoms with Crippen molar-refractivity contribution in [3.63, 3.8) is 0 Å². The molecule has 0 radical (unpaired) electrons. The van der Waals surface area contributed by atoms with Gasteiger partial charge in [-0.3, -0.25) is 4.79 Å². The number of amides is 2. The lowest BCUT2D eigenvalue weighted by Gasteiger charge is -2.36. The number of Topliss-reactive ketones (excluding diaryl/α,β-unsaturated/α-hetero) is 1. The molecule has 1 N–H and O–H groups in total. The standard InChI is InChI=1S/C16H22FNO4.C16H20FNO4.C4H8O.3CH4.H2S/c2*1-16(2,3)22-15(20)18-7-8-21-13(10-18)14(19)11-5-4-6-12(17)9-11;1-2-4-5-3-1;;;;/h4-6,9,13-14,19H,7-8,10H2,1-3H3;4-6,9,13H,7-8,10H2,1-3H3;1-4H2;3*1H4;1H2/t13-,14+;13-;;;;;/m00...../s1. The Bertz CT molecular complexity index is 1380. The molecule has 14 heteroatoms. The number of benzene rings is 2. The van der Waals surface area contributed by atoms with Crippen LogP contribution in [0.15, 0.2) is 48.5 Å². The van der Waals surface area contributed by atoms with E-state index in [0.717, 1.165) is 19.3 Å². The number of hydrogen-bond donors (Lipinski definition) is 1. The molecule has 3 atom stereocenters. The molecule has 53 heavy (non-hydrogen) atoms. The number of carbonyl (C=O) groups is 3. The summed E-state index contributed by atoms with van der Waals surface area (Å²) >= 11 is 0. The van der Waals surface area contributed by atoms with Crippen LogP contribution in [0.1, 0.15) is 98.7 Å². The highest BCUT2D eigenvalue weighted by Gasteiger charge is 2.34. The molecule has 5 rings (SSSR count). The number of hydrogen-bond acceptors (Lipinski definition) is 9. The highest BCUT2D eigenvalue weighted by molar-refractivity contribution is 7.59. The van der Waals surface area contributed by atoms with E-state index in [9.17, 15) is 28.3 Å². The number of aliphatic hydroxyl groups excluding tert-OH is 1. The van der Waals surface area contributed by atoms with Crippen LogP contribution in [-0.4, -0.2) is 109 Å². The fourth-order valence-electron chi connectivity index (χ4n) is 4.90. The lowest BCUT2D eigenvalue weighted by Crippen LogP contribution is -2.50. The van der Waals surface area contributed by atoms with E-state index in [2.05, 4.69) is 0 Å². The van der Waals surface area contributed by atoms with Crippen molar-refractivity contribution in [1.82, 2.24) is 9.80 Å². The van der Waals surface area contributed by atoms with E-state index in [0.29, 0.717) is 25.3 Å². The van der Waals surface area contributed by atoms with E-state index in [1.165, 1.54) is 59.0 Å². The summed E-state index contributed by atoms with van der Waals surface area (Å²) < 4.78 is 53.0. The van der Waals surface area contributed by atoms with Crippen LogP contribution in [0, 0.1) is 11.6 Å². The summed E-state index contributed by atoms with van der Waals surface area (Å²) in [7, 11) is 0. The number of halogens is 2. The van der Waals surface area contributed by atoms with Gasteiger partial charge >= 0.3 is 12.2 Å². The molecule has 3 saturated heterocycles. The summed E-state index contributed by atoms with van der Waals surface area (Å²) in [5.41, 5.74) is -0.518. The Morgan fingerprint density at radius 3 is 1.72 bits per heavy atom. The molecule has 0 bridgehead atoms. The first-order valence-corrected chi connectivity index (χ1v) is 16.5. The third-order valence-corrected chi connectivity index (χ3v) is 7.23. The minimum Gasteiger partial charge on any atom is -0.444 e. The summed E-state index contributed by atoms with van der Waals surface area (Å²) in [6, 6.07) is 11.2. The number of aliphatic hydroxyl groups is 1. The third-order valence-electron chi connectivity index (χ3n) is 7.23. The summed E-state index contributed by atoms with van der Waals surface area (Å²) in [4.78, 5) is 39.4. The zero-order valence-corrected chi connectivity index (χ0v) is 30.8. The molecule has 11 nitrogen and oxygen atoms in total. The number of nitrogens with zero attached hydrogens (tertiary/aromatic N) is 2. The minimum atomic E-state index is -0.999. The van der Waals surface area contributed by atoms with E-state index in [1.807, 2.05) is 0 Å². The van der Waals surface area contributed by atoms with E-state index in [1.54, 1.807) is 47.6 Å². The van der Waals surface area contributed by atoms with Gasteiger partial charge in [0.15, 0.2) is 5.78 Å². The highest BCUT2D eigenvalue weighted by Crippen LogP contribution is 2.24. The largest absolute Gasteiger partial charge is 0.444 e. The molecule has 0 saturated carbocycles. The third kappa shape index (κ3) is 18.5. The van der Waals surface area contributed by atoms with Gasteiger partial charge in [0.1, 0.15) is 41.1 Å². The average Bonchev–Trinajstić information content (AvgIpc) is 3.64. The molecule has 3 heterocycles. The van der Waals surface area contributed by atoms with Gasteiger partial charge in [0.25, 0.3) is 0 Å². The molecule has 3 aliphatic heterocycles. The van der Waals surface area contributed by atoms with Gasteiger partial charge in [-0.25, -0.2) is 18.4 Å². The Labute approximate surface area is 322 Å². The van der Waals surface area contributed by atoms with Gasteiger partial charge in [0.2, 0.25) is 0 Å². The second-order valence-corrected chi connectivity index (χ2v) is 13.8. The molecule has 0 unspecified atom stereocenters. The molecule has 304 valence electrons. The van der Waals surface area contributed by atoms with Crippen molar-refractivity contribution in [3.8, 4) is 0 Å². The van der Waals surface area contributed by atoms with Crippen molar-refractivity contribution in [3.05, 3.63) is 71.3 Å². The Morgan fingerprint density at radius 2 is 1.25 bits per heavy atom. The predicted molar refractivity (Wildman–Crippen MR) is 208 cm³/mol. The molecular weight excluding hydrogens is 710 g/mol. The number of ether oxygens (including phenoxy) is 5. The minimum absolute atomic E-state index is 0. The number of carbonyl (C=O) groups excluding carboxylic acids is 3. The Hall–Kier alpha value is -3.30. The summed E-state index contributed by atoms with van der Waals surface area (Å²) in [6.45, 7) is 14.3. The molecule has 0 aromatic heterocycles. The maximum atomic E-state index is 13.2. The van der Waals surface area contributed by atoms with Crippen LogP contribution in [0.25, 0.3) is 0 Å². The lowest BCUT2D eigenvalue weighted by atomic mass is 10.0. The fourth-order valence-corrected chi connectivity index (χ4v) is 4.90. The maximum Gasteiger partial charge on any atom is 0.410 e. The molecule has 3 fully saturated rings. The van der Waals surface area contributed by atoms with Gasteiger partial charge < -0.3 is 38.6 Å². The zero-order valence-electron chi connectivity index (χ0n) is 29.8. The Kier molecular flexibility index (Phi) is 23.6. The van der Waals surface area contributed by atoms with Gasteiger partial charge in [-0.15, -0.1) is 0 Å². The first-order valence-electron chi connectivity index (χ1n) is 16.5. The number of rotatable bonds is 4. The lowest BCUT2D eigenvalue weighted by molar-refractivity contribution is -0.0908. The maximum absolute atomic E-state index is 13.2. The topological polar surface area (TPSA) is 124 Å². The highest BCUT2D eigenvalue weighted by atomic mass is 32.1. The van der Waals surface area contributed by atoms with Crippen LogP contribution in [0.5, 0.6) is 0 Å². The smallest absolute Gasteiger partial charge is 0.410 e. The van der Waals surface area contributed by atoms with Gasteiger partial charge in [0, 0.05) is 31.9 Å². The first kappa shape index (κ1) is 51.8. The van der Waals surface area contributed by atoms with Crippen LogP contribution in [0.3, 0.4) is 0 Å². The molecule has 2 aromatic carbocycles. The molecule has 2 aromatic rings. The number of morpholine rings is 2. The second-order valence-electron chi connectivity index (χ2n) is 13.8. The van der Waals surface area contributed by atoms with E-state index >= 15 is 0 Å². The number of ketones is 1. The summed E-state index contributed by atoms with van der Waals surface area (Å²) in [6.07, 6.45) is -0.771. The second kappa shape index (κ2) is 24.2. The van der Waals surface area contributed by atoms with Crippen LogP contribution in [0.2, 0.25) is 0 Å². The van der Waals surface area contributed by atoms with Crippen molar-refractivity contribution >= 4 is 31.5 Å². The zero-order chi connectivity index (χ0) is 36.2. The molecule has 0 aliphatic carbocycles. The van der Waals surface area contributed by atoms with Crippen molar-refractivity contribution in [2.75, 3.05) is 52.6 Å². The van der Waals surface area contributed by atoms with Crippen molar-refractivity contribution in [2.24, 2.45) is 0 Å². The van der Waals surface area contributed by atoms with Crippen molar-refractivity contribution in [1.29, 1.82) is 0 Å². The molecule has 3 aliphatic rings. The molecular formula is C39H64F2N2O9S. The first-order chi connectivity index (χ1) is 23.0. The Balaban J connectivity index is 0. The van der Waals surface area contributed by atoms with Crippen LogP contribution >= 0.6 is 13.5 Å². The normalized spacial score (nSPS) is 18.7. The molecule has 2 amide bonds. The van der Waals surface area contributed by atoms with Gasteiger partial charge in [-0.05, 0) is 84.2 Å². The fraction of sp³-hybridized carbons (Fsp3) is 0.615. The monoisotopic (exact) mass is 774 g/mol. The van der Waals surface area contributed by atoms with E-state index in [4.69, 9.17) is 23.7 Å². The van der Waals surface area contributed by atoms with Crippen molar-refractivity contribution in [2.45, 2.75) is 106 Å². The van der Waals surface area contributed by atoms with Gasteiger partial charge in [0.05, 0.1) is 26.3 Å². The van der Waals surface area contributed by atoms with Crippen molar-refractivity contribution < 1.29 is 52.0 Å². The SMILES string of the molecule is C.C.C.C1CCOC1.CC(C)(C)OC(=O)N1CCO[C@H](C(=O)c2cccc(F)c2)C1.CC(C)(C)OC(=O)N1CCO[C@H]([C@H](O)c2cccc(F)c2)C1.S. The summed E-state index contributed by atoms with van der Waals surface area (Å²) in [5, 5.41) is 10.3. The van der Waals surface area contributed by atoms with Gasteiger partial charge in [-0.1, -0.05) is 46.5 Å². The summed E-state index contributed by atoms with van der Waals surface area (Å²) in [5.74, 6) is -1.24. The van der Waals surface area contributed by atoms with Crippen LogP contribution in [-0.2, 0) is 23.7 Å². The Morgan fingerprint density at radius 1 is 0.755 bits per heavy atom.